The molecule has 0 radical (unpaired) electrons. The first kappa shape index (κ1) is 37.9. The zero-order valence-electron chi connectivity index (χ0n) is 30.2. The van der Waals surface area contributed by atoms with Crippen LogP contribution in [0.2, 0.25) is 0 Å². The average Bonchev–Trinajstić information content (AvgIpc) is 3.14. The highest BCUT2D eigenvalue weighted by Crippen LogP contribution is 2.43. The first-order valence-corrected chi connectivity index (χ1v) is 19.5. The molecule has 0 amide bonds. The Morgan fingerprint density at radius 3 is 1.80 bits per heavy atom. The highest BCUT2D eigenvalue weighted by Gasteiger charge is 2.29. The van der Waals surface area contributed by atoms with Gasteiger partial charge in [0.1, 0.15) is 0 Å². The second-order valence-corrected chi connectivity index (χ2v) is 14.7. The molecule has 5 rings (SSSR count). The van der Waals surface area contributed by atoms with E-state index < -0.39 is 23.3 Å². The Kier molecular flexibility index (Phi) is 14.6. The van der Waals surface area contributed by atoms with E-state index in [4.69, 9.17) is 4.74 Å². The lowest BCUT2D eigenvalue weighted by atomic mass is 9.70. The maximum Gasteiger partial charge on any atom is 0.201 e. The van der Waals surface area contributed by atoms with Crippen molar-refractivity contribution in [1.29, 1.82) is 0 Å². The van der Waals surface area contributed by atoms with Gasteiger partial charge in [-0.2, -0.15) is 4.39 Å². The maximum atomic E-state index is 15.5. The molecule has 0 N–H and O–H groups in total. The number of rotatable bonds is 17. The first-order chi connectivity index (χ1) is 24.4. The molecule has 1 fully saturated rings. The van der Waals surface area contributed by atoms with Crippen LogP contribution in [-0.4, -0.2) is 0 Å². The fraction of sp³-hybridized carbons (Fsp3) is 0.511. The summed E-state index contributed by atoms with van der Waals surface area (Å²) in [6, 6.07) is 12.6. The number of ether oxygens (including phenoxy) is 1. The Morgan fingerprint density at radius 1 is 0.600 bits per heavy atom. The van der Waals surface area contributed by atoms with E-state index in [9.17, 15) is 8.78 Å². The molecule has 5 heteroatoms. The topological polar surface area (TPSA) is 9.23 Å². The van der Waals surface area contributed by atoms with Gasteiger partial charge in [-0.05, 0) is 91.2 Å². The van der Waals surface area contributed by atoms with Crippen molar-refractivity contribution in [3.05, 3.63) is 95.8 Å². The van der Waals surface area contributed by atoms with Crippen LogP contribution in [0.1, 0.15) is 135 Å². The summed E-state index contributed by atoms with van der Waals surface area (Å²) in [4.78, 5) is 0. The van der Waals surface area contributed by atoms with E-state index in [0.717, 1.165) is 49.5 Å². The summed E-state index contributed by atoms with van der Waals surface area (Å²) in [6.07, 6.45) is 27.5. The van der Waals surface area contributed by atoms with Crippen molar-refractivity contribution in [2.45, 2.75) is 129 Å². The third-order valence-electron chi connectivity index (χ3n) is 11.2. The summed E-state index contributed by atoms with van der Waals surface area (Å²) in [6.45, 7) is 4.28. The maximum absolute atomic E-state index is 15.5. The monoisotopic (exact) mass is 688 g/mol. The van der Waals surface area contributed by atoms with Crippen LogP contribution in [0, 0.1) is 41.0 Å². The van der Waals surface area contributed by atoms with Crippen LogP contribution in [0.15, 0.2) is 66.9 Å². The van der Waals surface area contributed by atoms with Gasteiger partial charge in [-0.3, -0.25) is 0 Å². The molecule has 1 atom stereocenters. The van der Waals surface area contributed by atoms with Gasteiger partial charge in [0, 0.05) is 16.7 Å². The van der Waals surface area contributed by atoms with Crippen LogP contribution < -0.4 is 4.74 Å². The number of allylic oxidation sites excluding steroid dienone is 3. The molecule has 3 aromatic carbocycles. The summed E-state index contributed by atoms with van der Waals surface area (Å²) in [5, 5.41) is 0. The predicted molar refractivity (Wildman–Crippen MR) is 200 cm³/mol. The van der Waals surface area contributed by atoms with Gasteiger partial charge in [0.05, 0.1) is 6.26 Å². The summed E-state index contributed by atoms with van der Waals surface area (Å²) in [5.74, 6) is -1.72. The molecule has 0 bridgehead atoms. The van der Waals surface area contributed by atoms with Crippen LogP contribution in [0.25, 0.3) is 27.8 Å². The second kappa shape index (κ2) is 19.3. The molecule has 270 valence electrons. The van der Waals surface area contributed by atoms with Crippen molar-refractivity contribution in [3.63, 3.8) is 0 Å². The lowest BCUT2D eigenvalue weighted by Gasteiger charge is -2.35. The fourth-order valence-electron chi connectivity index (χ4n) is 8.09. The van der Waals surface area contributed by atoms with E-state index in [1.54, 1.807) is 42.5 Å². The van der Waals surface area contributed by atoms with E-state index in [-0.39, 0.29) is 16.9 Å². The van der Waals surface area contributed by atoms with Crippen LogP contribution >= 0.6 is 0 Å². The summed E-state index contributed by atoms with van der Waals surface area (Å²) < 4.78 is 65.9. The van der Waals surface area contributed by atoms with E-state index in [1.165, 1.54) is 102 Å². The smallest absolute Gasteiger partial charge is 0.201 e. The third kappa shape index (κ3) is 9.92. The predicted octanol–water partition coefficient (Wildman–Crippen LogP) is 14.8. The number of hydrogen-bond donors (Lipinski definition) is 0. The molecule has 0 heterocycles. The van der Waals surface area contributed by atoms with Gasteiger partial charge in [-0.15, -0.1) is 0 Å². The quantitative estimate of drug-likeness (QED) is 0.0779. The van der Waals surface area contributed by atoms with Crippen molar-refractivity contribution in [2.75, 3.05) is 0 Å². The molecule has 3 aromatic rings. The second-order valence-electron chi connectivity index (χ2n) is 14.7. The minimum absolute atomic E-state index is 0.0651. The molecule has 1 unspecified atom stereocenters. The fourth-order valence-corrected chi connectivity index (χ4v) is 8.09. The van der Waals surface area contributed by atoms with Gasteiger partial charge in [0.2, 0.25) is 5.82 Å². The zero-order valence-corrected chi connectivity index (χ0v) is 30.2. The van der Waals surface area contributed by atoms with Crippen molar-refractivity contribution in [1.82, 2.24) is 0 Å². The standard InChI is InChI=1S/C45H56F4O/c1-3-5-7-8-9-10-11-12-14-32-15-17-33(18-16-32)34-19-21-35(22-20-34)38-27-28-39(43(47)42(38)46)36-23-25-37(26-24-36)40-29-30-41(45(49)44(40)48)50-31-13-6-4-2/h13,21,23-34H,3-12,14-20,22H2,1-2H3/b31-13-. The van der Waals surface area contributed by atoms with Gasteiger partial charge in [0.25, 0.3) is 0 Å². The van der Waals surface area contributed by atoms with Gasteiger partial charge in [-0.1, -0.05) is 133 Å². The van der Waals surface area contributed by atoms with Gasteiger partial charge >= 0.3 is 0 Å². The molecule has 2 aliphatic carbocycles. The van der Waals surface area contributed by atoms with Crippen LogP contribution in [0.3, 0.4) is 0 Å². The van der Waals surface area contributed by atoms with Gasteiger partial charge < -0.3 is 4.74 Å². The number of halogens is 4. The number of benzene rings is 3. The number of unbranched alkanes of at least 4 members (excludes halogenated alkanes) is 8. The summed E-state index contributed by atoms with van der Waals surface area (Å²) >= 11 is 0. The molecule has 0 aliphatic heterocycles. The van der Waals surface area contributed by atoms with Gasteiger partial charge in [-0.25, -0.2) is 13.2 Å². The normalized spacial score (nSPS) is 19.6. The Labute approximate surface area is 298 Å². The Bertz CT molecular complexity index is 1560. The Hall–Kier alpha value is -3.34. The molecule has 0 spiro atoms. The number of hydrogen-bond acceptors (Lipinski definition) is 1. The van der Waals surface area contributed by atoms with Crippen molar-refractivity contribution in [3.8, 4) is 28.0 Å². The van der Waals surface area contributed by atoms with Crippen molar-refractivity contribution in [2.24, 2.45) is 17.8 Å². The minimum Gasteiger partial charge on any atom is -0.462 e. The van der Waals surface area contributed by atoms with Crippen LogP contribution in [0.4, 0.5) is 17.6 Å². The highest BCUT2D eigenvalue weighted by molar-refractivity contribution is 5.74. The summed E-state index contributed by atoms with van der Waals surface area (Å²) in [5.41, 5.74) is 2.35. The third-order valence-corrected chi connectivity index (χ3v) is 11.2. The van der Waals surface area contributed by atoms with E-state index in [0.29, 0.717) is 22.6 Å². The lowest BCUT2D eigenvalue weighted by Crippen LogP contribution is -2.23. The zero-order chi connectivity index (χ0) is 35.3. The Morgan fingerprint density at radius 2 is 1.18 bits per heavy atom. The van der Waals surface area contributed by atoms with E-state index in [1.807, 2.05) is 6.92 Å². The van der Waals surface area contributed by atoms with Crippen molar-refractivity contribution >= 4 is 5.57 Å². The highest BCUT2D eigenvalue weighted by atomic mass is 19.2. The summed E-state index contributed by atoms with van der Waals surface area (Å²) in [7, 11) is 0. The molecule has 1 nitrogen and oxygen atoms in total. The largest absolute Gasteiger partial charge is 0.462 e. The molecular formula is C45H56F4O. The molecule has 0 saturated heterocycles. The van der Waals surface area contributed by atoms with Crippen molar-refractivity contribution < 1.29 is 22.3 Å². The Balaban J connectivity index is 1.13. The van der Waals surface area contributed by atoms with Gasteiger partial charge in [0.15, 0.2) is 23.2 Å². The molecule has 50 heavy (non-hydrogen) atoms. The minimum atomic E-state index is -1.07. The molecular weight excluding hydrogens is 632 g/mol. The molecule has 2 aliphatic rings. The average molecular weight is 689 g/mol. The SMILES string of the molecule is CCC/C=C\Oc1ccc(-c2ccc(-c3ccc(C4=CCC(C5CCC(CCCCCCCCCC)CC5)CC4)c(F)c3F)cc2)c(F)c1F. The van der Waals surface area contributed by atoms with Crippen LogP contribution in [-0.2, 0) is 0 Å². The van der Waals surface area contributed by atoms with Crippen LogP contribution in [0.5, 0.6) is 5.75 Å². The van der Waals surface area contributed by atoms with E-state index in [2.05, 4.69) is 13.0 Å². The molecule has 0 aromatic heterocycles. The van der Waals surface area contributed by atoms with E-state index >= 15 is 8.78 Å². The first-order valence-electron chi connectivity index (χ1n) is 19.5. The lowest BCUT2D eigenvalue weighted by molar-refractivity contribution is 0.187. The molecule has 1 saturated carbocycles.